The summed E-state index contributed by atoms with van der Waals surface area (Å²) in [5.41, 5.74) is 3.49. The van der Waals surface area contributed by atoms with Crippen molar-refractivity contribution in [3.63, 3.8) is 0 Å². The number of aromatic nitrogens is 2. The first-order chi connectivity index (χ1) is 10.3. The Labute approximate surface area is 126 Å². The Morgan fingerprint density at radius 3 is 2.76 bits per heavy atom. The molecule has 0 radical (unpaired) electrons. The molecule has 0 aliphatic heterocycles. The van der Waals surface area contributed by atoms with Crippen molar-refractivity contribution in [3.05, 3.63) is 42.1 Å². The molecule has 0 spiro atoms. The molecule has 2 N–H and O–H groups in total. The van der Waals surface area contributed by atoms with Gasteiger partial charge >= 0.3 is 0 Å². The van der Waals surface area contributed by atoms with Crippen LogP contribution in [-0.2, 0) is 11.3 Å². The maximum Gasteiger partial charge on any atom is 0.0695 e. The van der Waals surface area contributed by atoms with Crippen molar-refractivity contribution in [2.45, 2.75) is 39.3 Å². The highest BCUT2D eigenvalue weighted by Gasteiger charge is 2.06. The number of nitrogens with one attached hydrogen (secondary N) is 2. The summed E-state index contributed by atoms with van der Waals surface area (Å²) < 4.78 is 5.53. The molecular formula is C17H25N3O. The van der Waals surface area contributed by atoms with Crippen molar-refractivity contribution in [3.8, 4) is 11.3 Å². The predicted molar refractivity (Wildman–Crippen MR) is 86.1 cm³/mol. The van der Waals surface area contributed by atoms with Gasteiger partial charge in [-0.2, -0.15) is 5.10 Å². The fourth-order valence-electron chi connectivity index (χ4n) is 2.19. The van der Waals surface area contributed by atoms with Crippen LogP contribution in [0.4, 0.5) is 0 Å². The molecule has 2 rings (SSSR count). The maximum absolute atomic E-state index is 5.53. The van der Waals surface area contributed by atoms with Gasteiger partial charge in [-0.3, -0.25) is 5.10 Å². The summed E-state index contributed by atoms with van der Waals surface area (Å²) in [4.78, 5) is 0. The zero-order valence-electron chi connectivity index (χ0n) is 12.9. The van der Waals surface area contributed by atoms with Gasteiger partial charge in [-0.1, -0.05) is 30.3 Å². The van der Waals surface area contributed by atoms with Gasteiger partial charge in [0.1, 0.15) is 0 Å². The van der Waals surface area contributed by atoms with Crippen molar-refractivity contribution in [2.75, 3.05) is 13.2 Å². The first kappa shape index (κ1) is 15.7. The third kappa shape index (κ3) is 5.33. The van der Waals surface area contributed by atoms with E-state index in [2.05, 4.69) is 41.5 Å². The first-order valence-electron chi connectivity index (χ1n) is 7.67. The van der Waals surface area contributed by atoms with Crippen molar-refractivity contribution >= 4 is 0 Å². The Hall–Kier alpha value is -1.65. The minimum absolute atomic E-state index is 0.331. The van der Waals surface area contributed by atoms with Gasteiger partial charge in [0.05, 0.1) is 18.0 Å². The number of H-pyrrole nitrogens is 1. The molecule has 1 heterocycles. The highest BCUT2D eigenvalue weighted by Crippen LogP contribution is 2.20. The molecule has 114 valence electrons. The van der Waals surface area contributed by atoms with Crippen LogP contribution in [0.5, 0.6) is 0 Å². The number of hydrogen-bond donors (Lipinski definition) is 2. The van der Waals surface area contributed by atoms with E-state index >= 15 is 0 Å². The molecule has 0 bridgehead atoms. The minimum Gasteiger partial charge on any atom is -0.379 e. The lowest BCUT2D eigenvalue weighted by molar-refractivity contribution is 0.0760. The second-order valence-corrected chi connectivity index (χ2v) is 5.44. The molecule has 0 atom stereocenters. The Kier molecular flexibility index (Phi) is 6.44. The normalized spacial score (nSPS) is 11.2. The fraction of sp³-hybridized carbons (Fsp3) is 0.471. The highest BCUT2D eigenvalue weighted by atomic mass is 16.5. The number of ether oxygens (including phenoxy) is 1. The zero-order chi connectivity index (χ0) is 14.9. The van der Waals surface area contributed by atoms with Crippen molar-refractivity contribution < 1.29 is 4.74 Å². The Balaban J connectivity index is 1.71. The number of hydrogen-bond acceptors (Lipinski definition) is 3. The number of benzene rings is 1. The average Bonchev–Trinajstić information content (AvgIpc) is 2.95. The van der Waals surface area contributed by atoms with Crippen LogP contribution in [0.1, 0.15) is 32.3 Å². The van der Waals surface area contributed by atoms with Crippen LogP contribution < -0.4 is 5.32 Å². The molecule has 0 saturated carbocycles. The third-order valence-corrected chi connectivity index (χ3v) is 3.29. The van der Waals surface area contributed by atoms with Gasteiger partial charge in [-0.05, 0) is 38.8 Å². The van der Waals surface area contributed by atoms with E-state index in [9.17, 15) is 0 Å². The van der Waals surface area contributed by atoms with Crippen LogP contribution in [0.3, 0.4) is 0 Å². The molecule has 1 aromatic carbocycles. The fourth-order valence-corrected chi connectivity index (χ4v) is 2.19. The van der Waals surface area contributed by atoms with E-state index in [1.54, 1.807) is 0 Å². The molecule has 0 saturated heterocycles. The molecule has 21 heavy (non-hydrogen) atoms. The number of unbranched alkanes of at least 4 members (excludes halogenated alkanes) is 1. The van der Waals surface area contributed by atoms with E-state index < -0.39 is 0 Å². The van der Waals surface area contributed by atoms with Crippen LogP contribution >= 0.6 is 0 Å². The van der Waals surface area contributed by atoms with Crippen LogP contribution in [0.15, 0.2) is 36.5 Å². The van der Waals surface area contributed by atoms with Crippen LogP contribution in [0, 0.1) is 0 Å². The third-order valence-electron chi connectivity index (χ3n) is 3.29. The van der Waals surface area contributed by atoms with E-state index in [1.165, 1.54) is 11.1 Å². The lowest BCUT2D eigenvalue weighted by Crippen LogP contribution is -2.15. The summed E-state index contributed by atoms with van der Waals surface area (Å²) in [6.07, 6.45) is 4.46. The Morgan fingerprint density at radius 2 is 2.00 bits per heavy atom. The summed E-state index contributed by atoms with van der Waals surface area (Å²) in [5, 5.41) is 10.7. The molecule has 4 nitrogen and oxygen atoms in total. The standard InChI is InChI=1S/C17H25N3O/c1-14(2)21-11-7-6-10-18-12-16-13-19-20-17(16)15-8-4-3-5-9-15/h3-5,8-9,13-14,18H,6-7,10-12H2,1-2H3,(H,19,20). The zero-order valence-corrected chi connectivity index (χ0v) is 12.9. The maximum atomic E-state index is 5.53. The molecule has 0 amide bonds. The Bertz CT molecular complexity index is 508. The molecule has 2 aromatic rings. The van der Waals surface area contributed by atoms with Crippen molar-refractivity contribution in [1.82, 2.24) is 15.5 Å². The summed E-state index contributed by atoms with van der Waals surface area (Å²) >= 11 is 0. The van der Waals surface area contributed by atoms with E-state index in [4.69, 9.17) is 4.74 Å². The molecule has 4 heteroatoms. The number of rotatable bonds is 9. The first-order valence-corrected chi connectivity index (χ1v) is 7.67. The van der Waals surface area contributed by atoms with Crippen LogP contribution in [0.25, 0.3) is 11.3 Å². The molecule has 0 unspecified atom stereocenters. The Morgan fingerprint density at radius 1 is 1.19 bits per heavy atom. The molecule has 0 aliphatic rings. The van der Waals surface area contributed by atoms with Gasteiger partial charge in [-0.15, -0.1) is 0 Å². The smallest absolute Gasteiger partial charge is 0.0695 e. The van der Waals surface area contributed by atoms with Crippen LogP contribution in [0.2, 0.25) is 0 Å². The highest BCUT2D eigenvalue weighted by molar-refractivity contribution is 5.62. The second kappa shape index (κ2) is 8.60. The van der Waals surface area contributed by atoms with Gasteiger partial charge in [0.25, 0.3) is 0 Å². The van der Waals surface area contributed by atoms with Gasteiger partial charge in [-0.25, -0.2) is 0 Å². The van der Waals surface area contributed by atoms with Gasteiger partial charge < -0.3 is 10.1 Å². The number of nitrogens with zero attached hydrogens (tertiary/aromatic N) is 1. The lowest BCUT2D eigenvalue weighted by Gasteiger charge is -2.08. The van der Waals surface area contributed by atoms with Gasteiger partial charge in [0, 0.05) is 18.7 Å². The molecule has 0 fully saturated rings. The SMILES string of the molecule is CC(C)OCCCCNCc1cn[nH]c1-c1ccccc1. The monoisotopic (exact) mass is 287 g/mol. The summed E-state index contributed by atoms with van der Waals surface area (Å²) in [6.45, 7) is 6.83. The van der Waals surface area contributed by atoms with Crippen LogP contribution in [-0.4, -0.2) is 29.5 Å². The predicted octanol–water partition coefficient (Wildman–Crippen LogP) is 3.37. The van der Waals surface area contributed by atoms with Crippen molar-refractivity contribution in [1.29, 1.82) is 0 Å². The molecule has 1 aromatic heterocycles. The minimum atomic E-state index is 0.331. The largest absolute Gasteiger partial charge is 0.379 e. The quantitative estimate of drug-likeness (QED) is 0.695. The number of aromatic amines is 1. The van der Waals surface area contributed by atoms with Gasteiger partial charge in [0.15, 0.2) is 0 Å². The summed E-state index contributed by atoms with van der Waals surface area (Å²) in [7, 11) is 0. The van der Waals surface area contributed by atoms with E-state index in [0.717, 1.165) is 38.2 Å². The average molecular weight is 287 g/mol. The summed E-state index contributed by atoms with van der Waals surface area (Å²) in [5.74, 6) is 0. The topological polar surface area (TPSA) is 49.9 Å². The second-order valence-electron chi connectivity index (χ2n) is 5.44. The summed E-state index contributed by atoms with van der Waals surface area (Å²) in [6, 6.07) is 10.3. The van der Waals surface area contributed by atoms with E-state index in [1.807, 2.05) is 24.4 Å². The van der Waals surface area contributed by atoms with E-state index in [-0.39, 0.29) is 0 Å². The lowest BCUT2D eigenvalue weighted by atomic mass is 10.1. The van der Waals surface area contributed by atoms with Gasteiger partial charge in [0.2, 0.25) is 0 Å². The molecular weight excluding hydrogens is 262 g/mol. The molecule has 0 aliphatic carbocycles. The van der Waals surface area contributed by atoms with E-state index in [0.29, 0.717) is 6.10 Å². The van der Waals surface area contributed by atoms with Crippen molar-refractivity contribution in [2.24, 2.45) is 0 Å².